The summed E-state index contributed by atoms with van der Waals surface area (Å²) in [6.07, 6.45) is 15.6. The number of aromatic amines is 1. The van der Waals surface area contributed by atoms with E-state index in [2.05, 4.69) is 28.9 Å². The smallest absolute Gasteiger partial charge is 0.119 e. The summed E-state index contributed by atoms with van der Waals surface area (Å²) in [5.41, 5.74) is 4.03. The van der Waals surface area contributed by atoms with E-state index in [4.69, 9.17) is 4.74 Å². The van der Waals surface area contributed by atoms with Gasteiger partial charge in [0.25, 0.3) is 0 Å². The molecular formula is C25H38N2O. The maximum absolute atomic E-state index is 5.46. The Balaban J connectivity index is 1.39. The summed E-state index contributed by atoms with van der Waals surface area (Å²) < 4.78 is 5.46. The van der Waals surface area contributed by atoms with Crippen LogP contribution < -0.4 is 4.74 Å². The lowest BCUT2D eigenvalue weighted by atomic mass is 9.84. The van der Waals surface area contributed by atoms with Crippen LogP contribution >= 0.6 is 0 Å². The Morgan fingerprint density at radius 2 is 1.86 bits per heavy atom. The second kappa shape index (κ2) is 9.35. The number of nitrogens with one attached hydrogen (secondary N) is 1. The summed E-state index contributed by atoms with van der Waals surface area (Å²) in [5.74, 6) is 1.97. The number of benzene rings is 1. The normalized spacial score (nSPS) is 22.0. The number of aryl methyl sites for hydroxylation is 1. The van der Waals surface area contributed by atoms with Crippen molar-refractivity contribution in [1.29, 1.82) is 0 Å². The Morgan fingerprint density at radius 1 is 1.04 bits per heavy atom. The summed E-state index contributed by atoms with van der Waals surface area (Å²) in [6, 6.07) is 7.22. The van der Waals surface area contributed by atoms with Crippen LogP contribution in [0.1, 0.15) is 75.5 Å². The van der Waals surface area contributed by atoms with Crippen LogP contribution in [0.3, 0.4) is 0 Å². The van der Waals surface area contributed by atoms with Crippen molar-refractivity contribution in [2.24, 2.45) is 5.92 Å². The molecule has 1 N–H and O–H groups in total. The van der Waals surface area contributed by atoms with E-state index >= 15 is 0 Å². The van der Waals surface area contributed by atoms with Gasteiger partial charge in [-0.2, -0.15) is 0 Å². The first-order valence-corrected chi connectivity index (χ1v) is 11.6. The zero-order chi connectivity index (χ0) is 19.3. The van der Waals surface area contributed by atoms with Gasteiger partial charge in [-0.25, -0.2) is 0 Å². The number of hydrogen-bond acceptors (Lipinski definition) is 2. The Labute approximate surface area is 170 Å². The largest absolute Gasteiger partial charge is 0.497 e. The van der Waals surface area contributed by atoms with Crippen molar-refractivity contribution in [2.75, 3.05) is 20.2 Å². The van der Waals surface area contributed by atoms with Gasteiger partial charge in [-0.15, -0.1) is 0 Å². The second-order valence-electron chi connectivity index (χ2n) is 9.16. The van der Waals surface area contributed by atoms with Crippen LogP contribution in [-0.2, 0) is 6.42 Å². The molecule has 1 aliphatic carbocycles. The molecule has 2 aromatic rings. The Bertz CT molecular complexity index is 759. The molecule has 28 heavy (non-hydrogen) atoms. The Hall–Kier alpha value is -1.48. The summed E-state index contributed by atoms with van der Waals surface area (Å²) in [6.45, 7) is 4.71. The molecule has 1 atom stereocenters. The molecule has 0 radical (unpaired) electrons. The molecule has 1 aliphatic heterocycles. The fraction of sp³-hybridized carbons (Fsp3) is 0.680. The number of hydrogen-bond donors (Lipinski definition) is 1. The number of fused-ring (bicyclic) bond motifs is 1. The van der Waals surface area contributed by atoms with Crippen LogP contribution in [0.15, 0.2) is 18.2 Å². The average molecular weight is 383 g/mol. The van der Waals surface area contributed by atoms with Crippen LogP contribution in [0.25, 0.3) is 10.9 Å². The van der Waals surface area contributed by atoms with Gasteiger partial charge in [-0.3, -0.25) is 0 Å². The third-order valence-corrected chi connectivity index (χ3v) is 7.36. The number of ether oxygens (including phenoxy) is 1. The molecule has 0 spiro atoms. The Morgan fingerprint density at radius 3 is 2.68 bits per heavy atom. The van der Waals surface area contributed by atoms with Gasteiger partial charge in [0.05, 0.1) is 7.11 Å². The van der Waals surface area contributed by atoms with Gasteiger partial charge in [0.1, 0.15) is 5.75 Å². The monoisotopic (exact) mass is 382 g/mol. The van der Waals surface area contributed by atoms with E-state index < -0.39 is 0 Å². The lowest BCUT2D eigenvalue weighted by Gasteiger charge is -2.37. The highest BCUT2D eigenvalue weighted by atomic mass is 16.5. The highest BCUT2D eigenvalue weighted by molar-refractivity contribution is 5.86. The predicted octanol–water partition coefficient (Wildman–Crippen LogP) is 6.24. The lowest BCUT2D eigenvalue weighted by molar-refractivity contribution is 0.132. The van der Waals surface area contributed by atoms with Gasteiger partial charge in [-0.1, -0.05) is 38.5 Å². The van der Waals surface area contributed by atoms with Gasteiger partial charge >= 0.3 is 0 Å². The number of nitrogens with zero attached hydrogens (tertiary/aromatic N) is 1. The highest BCUT2D eigenvalue weighted by Crippen LogP contribution is 2.31. The Kier molecular flexibility index (Phi) is 6.61. The first-order chi connectivity index (χ1) is 13.7. The maximum atomic E-state index is 5.46. The van der Waals surface area contributed by atoms with E-state index in [1.54, 1.807) is 7.11 Å². The number of H-pyrrole nitrogens is 1. The van der Waals surface area contributed by atoms with Gasteiger partial charge in [0, 0.05) is 29.2 Å². The first kappa shape index (κ1) is 19.8. The summed E-state index contributed by atoms with van der Waals surface area (Å²) in [5, 5.41) is 1.34. The molecule has 154 valence electrons. The molecule has 0 bridgehead atoms. The average Bonchev–Trinajstić information content (AvgIpc) is 3.06. The zero-order valence-corrected chi connectivity index (χ0v) is 17.9. The number of rotatable bonds is 7. The number of piperidine rings is 1. The van der Waals surface area contributed by atoms with Crippen LogP contribution in [0, 0.1) is 12.8 Å². The van der Waals surface area contributed by atoms with E-state index in [1.165, 1.54) is 99.5 Å². The summed E-state index contributed by atoms with van der Waals surface area (Å²) in [4.78, 5) is 6.38. The van der Waals surface area contributed by atoms with Crippen LogP contribution in [0.4, 0.5) is 0 Å². The SMILES string of the molecule is COc1ccc2[nH]c(C)c(CCN3CCCCC3CCC3CCCCC3)c2c1. The van der Waals surface area contributed by atoms with Crippen molar-refractivity contribution in [3.05, 3.63) is 29.5 Å². The molecule has 2 aliphatic rings. The van der Waals surface area contributed by atoms with Crippen LogP contribution in [0.5, 0.6) is 5.75 Å². The fourth-order valence-electron chi connectivity index (χ4n) is 5.65. The van der Waals surface area contributed by atoms with Gasteiger partial charge in [0.2, 0.25) is 0 Å². The molecule has 1 aromatic heterocycles. The quantitative estimate of drug-likeness (QED) is 0.613. The van der Waals surface area contributed by atoms with E-state index in [0.29, 0.717) is 0 Å². The van der Waals surface area contributed by atoms with E-state index in [1.807, 2.05) is 6.07 Å². The first-order valence-electron chi connectivity index (χ1n) is 11.6. The van der Waals surface area contributed by atoms with Gasteiger partial charge < -0.3 is 14.6 Å². The summed E-state index contributed by atoms with van der Waals surface area (Å²) >= 11 is 0. The number of likely N-dealkylation sites (tertiary alicyclic amines) is 1. The van der Waals surface area contributed by atoms with E-state index in [-0.39, 0.29) is 0 Å². The van der Waals surface area contributed by atoms with Crippen LogP contribution in [0.2, 0.25) is 0 Å². The molecule has 2 fully saturated rings. The third kappa shape index (κ3) is 4.56. The second-order valence-corrected chi connectivity index (χ2v) is 9.16. The molecule has 4 rings (SSSR count). The van der Waals surface area contributed by atoms with E-state index in [9.17, 15) is 0 Å². The molecule has 1 saturated carbocycles. The molecule has 1 unspecified atom stereocenters. The lowest BCUT2D eigenvalue weighted by Crippen LogP contribution is -2.41. The van der Waals surface area contributed by atoms with Gasteiger partial charge in [-0.05, 0) is 75.3 Å². The highest BCUT2D eigenvalue weighted by Gasteiger charge is 2.24. The molecule has 0 amide bonds. The zero-order valence-electron chi connectivity index (χ0n) is 17.9. The van der Waals surface area contributed by atoms with E-state index in [0.717, 1.165) is 24.1 Å². The summed E-state index contributed by atoms with van der Waals surface area (Å²) in [7, 11) is 1.75. The molecule has 1 saturated heterocycles. The van der Waals surface area contributed by atoms with Crippen molar-refractivity contribution in [1.82, 2.24) is 9.88 Å². The van der Waals surface area contributed by atoms with Crippen LogP contribution in [-0.4, -0.2) is 36.1 Å². The van der Waals surface area contributed by atoms with Gasteiger partial charge in [0.15, 0.2) is 0 Å². The predicted molar refractivity (Wildman–Crippen MR) is 118 cm³/mol. The standard InChI is InChI=1S/C25H38N2O/c1-19-23(24-18-22(28-2)13-14-25(24)26-19)15-17-27-16-7-6-10-21(27)12-11-20-8-4-3-5-9-20/h13-14,18,20-21,26H,3-12,15-17H2,1-2H3. The van der Waals surface area contributed by atoms with Crippen molar-refractivity contribution in [3.63, 3.8) is 0 Å². The molecular weight excluding hydrogens is 344 g/mol. The molecule has 3 heteroatoms. The maximum Gasteiger partial charge on any atom is 0.119 e. The molecule has 2 heterocycles. The minimum absolute atomic E-state index is 0.815. The van der Waals surface area contributed by atoms with Crippen molar-refractivity contribution >= 4 is 10.9 Å². The third-order valence-electron chi connectivity index (χ3n) is 7.36. The minimum atomic E-state index is 0.815. The molecule has 1 aromatic carbocycles. The fourth-order valence-corrected chi connectivity index (χ4v) is 5.65. The van der Waals surface area contributed by atoms with Crippen molar-refractivity contribution in [2.45, 2.75) is 83.6 Å². The number of aromatic nitrogens is 1. The van der Waals surface area contributed by atoms with Crippen molar-refractivity contribution < 1.29 is 4.74 Å². The number of methoxy groups -OCH3 is 1. The van der Waals surface area contributed by atoms with Crippen molar-refractivity contribution in [3.8, 4) is 5.75 Å². The topological polar surface area (TPSA) is 28.3 Å². The minimum Gasteiger partial charge on any atom is -0.497 e. The molecule has 3 nitrogen and oxygen atoms in total.